The number of rotatable bonds is 10. The van der Waals surface area contributed by atoms with Gasteiger partial charge in [0.05, 0.1) is 11.4 Å². The molecule has 3 N–H and O–H groups in total. The highest BCUT2D eigenvalue weighted by molar-refractivity contribution is 9.10. The van der Waals surface area contributed by atoms with Gasteiger partial charge >= 0.3 is 0 Å². The van der Waals surface area contributed by atoms with E-state index in [9.17, 15) is 18.8 Å². The topological polar surface area (TPSA) is 90.5 Å². The molecule has 7 nitrogen and oxygen atoms in total. The number of carbonyl (C=O) groups excluding carboxylic acids is 3. The van der Waals surface area contributed by atoms with E-state index in [1.54, 1.807) is 60.7 Å². The number of carbonyl (C=O) groups is 3. The maximum atomic E-state index is 14.0. The van der Waals surface area contributed by atoms with Crippen molar-refractivity contribution in [3.8, 4) is 0 Å². The molecule has 0 bridgehead atoms. The molecule has 4 aromatic rings. The molecular formula is C32H28BrFN4O3S. The van der Waals surface area contributed by atoms with E-state index in [1.807, 2.05) is 49.3 Å². The summed E-state index contributed by atoms with van der Waals surface area (Å²) in [5.74, 6) is -1.70. The van der Waals surface area contributed by atoms with E-state index in [0.717, 1.165) is 16.1 Å². The van der Waals surface area contributed by atoms with E-state index in [4.69, 9.17) is 0 Å². The highest BCUT2D eigenvalue weighted by Gasteiger charge is 2.15. The number of thioether (sulfide) groups is 1. The molecule has 0 aliphatic carbocycles. The molecule has 0 saturated heterocycles. The predicted molar refractivity (Wildman–Crippen MR) is 171 cm³/mol. The third-order valence-corrected chi connectivity index (χ3v) is 7.44. The molecule has 10 heteroatoms. The van der Waals surface area contributed by atoms with Crippen LogP contribution < -0.4 is 20.9 Å². The molecule has 0 unspecified atom stereocenters. The van der Waals surface area contributed by atoms with Gasteiger partial charge in [0.2, 0.25) is 5.91 Å². The van der Waals surface area contributed by atoms with Crippen molar-refractivity contribution < 1.29 is 18.8 Å². The fourth-order valence-electron chi connectivity index (χ4n) is 3.74. The Morgan fingerprint density at radius 1 is 0.881 bits per heavy atom. The van der Waals surface area contributed by atoms with Crippen LogP contribution in [0.15, 0.2) is 112 Å². The number of nitrogens with zero attached hydrogens (tertiary/aromatic N) is 1. The first kappa shape index (κ1) is 30.5. The van der Waals surface area contributed by atoms with Crippen LogP contribution in [0.5, 0.6) is 0 Å². The maximum absolute atomic E-state index is 14.0. The smallest absolute Gasteiger partial charge is 0.272 e. The van der Waals surface area contributed by atoms with Crippen LogP contribution >= 0.6 is 27.7 Å². The van der Waals surface area contributed by atoms with E-state index in [-0.39, 0.29) is 23.0 Å². The van der Waals surface area contributed by atoms with Crippen molar-refractivity contribution in [1.29, 1.82) is 0 Å². The Morgan fingerprint density at radius 2 is 1.57 bits per heavy atom. The molecule has 0 aliphatic heterocycles. The zero-order valence-corrected chi connectivity index (χ0v) is 25.3. The van der Waals surface area contributed by atoms with Crippen LogP contribution in [-0.4, -0.2) is 37.6 Å². The Balaban J connectivity index is 1.42. The van der Waals surface area contributed by atoms with E-state index in [0.29, 0.717) is 15.7 Å². The maximum Gasteiger partial charge on any atom is 0.272 e. The molecular weight excluding hydrogens is 619 g/mol. The van der Waals surface area contributed by atoms with Gasteiger partial charge in [-0.05, 0) is 78.4 Å². The minimum atomic E-state index is -0.526. The molecule has 0 saturated carbocycles. The number of halogens is 2. The van der Waals surface area contributed by atoms with Gasteiger partial charge in [-0.3, -0.25) is 14.4 Å². The highest BCUT2D eigenvalue weighted by Crippen LogP contribution is 2.23. The lowest BCUT2D eigenvalue weighted by Gasteiger charge is -2.13. The molecule has 0 fully saturated rings. The number of benzene rings is 4. The van der Waals surface area contributed by atoms with Crippen LogP contribution in [0.2, 0.25) is 0 Å². The summed E-state index contributed by atoms with van der Waals surface area (Å²) in [4.78, 5) is 41.2. The van der Waals surface area contributed by atoms with Gasteiger partial charge in [-0.25, -0.2) is 4.39 Å². The van der Waals surface area contributed by atoms with Crippen molar-refractivity contribution in [2.24, 2.45) is 0 Å². The van der Waals surface area contributed by atoms with Gasteiger partial charge in [-0.1, -0.05) is 46.3 Å². The average Bonchev–Trinajstić information content (AvgIpc) is 2.98. The van der Waals surface area contributed by atoms with Crippen LogP contribution in [0, 0.1) is 5.82 Å². The van der Waals surface area contributed by atoms with E-state index in [1.165, 1.54) is 23.9 Å². The Morgan fingerprint density at radius 3 is 2.21 bits per heavy atom. The molecule has 4 rings (SSSR count). The molecule has 0 aliphatic rings. The predicted octanol–water partition coefficient (Wildman–Crippen LogP) is 6.79. The first-order chi connectivity index (χ1) is 20.2. The Bertz CT molecular complexity index is 1590. The summed E-state index contributed by atoms with van der Waals surface area (Å²) in [6.07, 6.45) is 1.62. The normalized spacial score (nSPS) is 11.0. The summed E-state index contributed by atoms with van der Waals surface area (Å²) >= 11 is 4.46. The Labute approximate surface area is 256 Å². The van der Waals surface area contributed by atoms with Crippen molar-refractivity contribution >= 4 is 68.6 Å². The fourth-order valence-corrected chi connectivity index (χ4v) is 4.77. The largest absolute Gasteiger partial charge is 0.378 e. The van der Waals surface area contributed by atoms with Crippen LogP contribution in [0.25, 0.3) is 6.08 Å². The average molecular weight is 648 g/mol. The van der Waals surface area contributed by atoms with E-state index in [2.05, 4.69) is 31.9 Å². The minimum absolute atomic E-state index is 0.0756. The van der Waals surface area contributed by atoms with Crippen LogP contribution in [-0.2, 0) is 9.59 Å². The molecule has 0 spiro atoms. The number of hydrogen-bond donors (Lipinski definition) is 3. The summed E-state index contributed by atoms with van der Waals surface area (Å²) in [5, 5.41) is 8.11. The lowest BCUT2D eigenvalue weighted by Crippen LogP contribution is -2.30. The molecule has 0 aromatic heterocycles. The second kappa shape index (κ2) is 14.5. The standard InChI is InChI=1S/C32H28BrFN4O3S/c1-38(2)25-13-8-21(9-14-25)18-29(37-31(40)22-6-4-3-5-7-22)32(41)35-24-11-15-26(16-12-24)42-20-30(39)36-28-17-10-23(33)19-27(28)34/h3-19H,20H2,1-2H3,(H,35,41)(H,36,39)(H,37,40)/b29-18-. The van der Waals surface area contributed by atoms with Gasteiger partial charge in [0.25, 0.3) is 11.8 Å². The van der Waals surface area contributed by atoms with Gasteiger partial charge in [0.1, 0.15) is 11.5 Å². The van der Waals surface area contributed by atoms with Crippen molar-refractivity contribution in [3.63, 3.8) is 0 Å². The molecule has 214 valence electrons. The van der Waals surface area contributed by atoms with Crippen molar-refractivity contribution in [2.45, 2.75) is 4.90 Å². The summed E-state index contributed by atoms with van der Waals surface area (Å²) in [6.45, 7) is 0. The second-order valence-corrected chi connectivity index (χ2v) is 11.3. The first-order valence-corrected chi connectivity index (χ1v) is 14.6. The molecule has 42 heavy (non-hydrogen) atoms. The Kier molecular flexibility index (Phi) is 10.5. The van der Waals surface area contributed by atoms with Gasteiger partial charge < -0.3 is 20.9 Å². The molecule has 0 atom stereocenters. The van der Waals surface area contributed by atoms with Crippen LogP contribution in [0.4, 0.5) is 21.5 Å². The lowest BCUT2D eigenvalue weighted by atomic mass is 10.1. The van der Waals surface area contributed by atoms with Gasteiger partial charge in [0, 0.05) is 40.4 Å². The van der Waals surface area contributed by atoms with Crippen molar-refractivity contribution in [1.82, 2.24) is 5.32 Å². The first-order valence-electron chi connectivity index (χ1n) is 12.8. The van der Waals surface area contributed by atoms with Gasteiger partial charge in [-0.15, -0.1) is 11.8 Å². The Hall–Kier alpha value is -4.41. The minimum Gasteiger partial charge on any atom is -0.378 e. The van der Waals surface area contributed by atoms with E-state index >= 15 is 0 Å². The van der Waals surface area contributed by atoms with Crippen LogP contribution in [0.3, 0.4) is 0 Å². The fraction of sp³-hybridized carbons (Fsp3) is 0.0938. The number of amides is 3. The summed E-state index contributed by atoms with van der Waals surface area (Å²) in [6, 6.07) is 27.6. The zero-order valence-electron chi connectivity index (χ0n) is 22.9. The van der Waals surface area contributed by atoms with Crippen molar-refractivity contribution in [2.75, 3.05) is 35.4 Å². The van der Waals surface area contributed by atoms with Gasteiger partial charge in [-0.2, -0.15) is 0 Å². The quantitative estimate of drug-likeness (QED) is 0.130. The molecule has 0 radical (unpaired) electrons. The monoisotopic (exact) mass is 646 g/mol. The van der Waals surface area contributed by atoms with Gasteiger partial charge in [0.15, 0.2) is 0 Å². The van der Waals surface area contributed by atoms with E-state index < -0.39 is 17.6 Å². The second-order valence-electron chi connectivity index (χ2n) is 9.30. The number of nitrogens with one attached hydrogen (secondary N) is 3. The highest BCUT2D eigenvalue weighted by atomic mass is 79.9. The zero-order chi connectivity index (χ0) is 30.1. The number of anilines is 3. The third kappa shape index (κ3) is 8.79. The molecule has 4 aromatic carbocycles. The SMILES string of the molecule is CN(C)c1ccc(/C=C(\NC(=O)c2ccccc2)C(=O)Nc2ccc(SCC(=O)Nc3ccc(Br)cc3F)cc2)cc1. The van der Waals surface area contributed by atoms with Crippen LogP contribution in [0.1, 0.15) is 15.9 Å². The molecule has 0 heterocycles. The summed E-state index contributed by atoms with van der Waals surface area (Å²) in [5.41, 5.74) is 2.87. The lowest BCUT2D eigenvalue weighted by molar-refractivity contribution is -0.114. The third-order valence-electron chi connectivity index (χ3n) is 5.94. The van der Waals surface area contributed by atoms with Crippen molar-refractivity contribution in [3.05, 3.63) is 124 Å². The number of hydrogen-bond acceptors (Lipinski definition) is 5. The summed E-state index contributed by atoms with van der Waals surface area (Å²) < 4.78 is 14.6. The summed E-state index contributed by atoms with van der Waals surface area (Å²) in [7, 11) is 3.88. The molecule has 3 amide bonds.